The van der Waals surface area contributed by atoms with Crippen LogP contribution in [0.3, 0.4) is 0 Å². The lowest BCUT2D eigenvalue weighted by atomic mass is 9.93. The van der Waals surface area contributed by atoms with E-state index >= 15 is 0 Å². The van der Waals surface area contributed by atoms with Crippen LogP contribution in [-0.4, -0.2) is 29.9 Å². The van der Waals surface area contributed by atoms with Crippen LogP contribution in [-0.2, 0) is 15.4 Å². The highest BCUT2D eigenvalue weighted by atomic mass is 32.2. The Labute approximate surface area is 139 Å². The Morgan fingerprint density at radius 3 is 2.46 bits per heavy atom. The molecule has 0 amide bonds. The Kier molecular flexibility index (Phi) is 4.08. The molecule has 0 bridgehead atoms. The summed E-state index contributed by atoms with van der Waals surface area (Å²) in [6.45, 7) is 1.53. The first kappa shape index (κ1) is 16.5. The van der Waals surface area contributed by atoms with Gasteiger partial charge in [-0.2, -0.15) is 0 Å². The second-order valence-electron chi connectivity index (χ2n) is 5.71. The summed E-state index contributed by atoms with van der Waals surface area (Å²) in [4.78, 5) is 20.8. The highest BCUT2D eigenvalue weighted by molar-refractivity contribution is 7.92. The van der Waals surface area contributed by atoms with Gasteiger partial charge in [-0.25, -0.2) is 12.8 Å². The summed E-state index contributed by atoms with van der Waals surface area (Å²) in [5.74, 6) is -0.688. The quantitative estimate of drug-likeness (QED) is 0.808. The van der Waals surface area contributed by atoms with Gasteiger partial charge in [-0.1, -0.05) is 0 Å². The maximum absolute atomic E-state index is 13.0. The summed E-state index contributed by atoms with van der Waals surface area (Å²) in [5, 5.41) is 0. The van der Waals surface area contributed by atoms with Crippen LogP contribution >= 0.6 is 0 Å². The average Bonchev–Trinajstić information content (AvgIpc) is 3.37. The molecule has 0 unspecified atom stereocenters. The third kappa shape index (κ3) is 3.14. The van der Waals surface area contributed by atoms with Crippen molar-refractivity contribution in [3.63, 3.8) is 0 Å². The molecule has 0 atom stereocenters. The number of carbonyl (C=O) groups excluding carboxylic acids is 1. The minimum atomic E-state index is -3.39. The molecule has 8 heteroatoms. The third-order valence-electron chi connectivity index (χ3n) is 4.05. The van der Waals surface area contributed by atoms with Crippen molar-refractivity contribution in [2.75, 3.05) is 10.5 Å². The molecule has 126 valence electrons. The average molecular weight is 349 g/mol. The van der Waals surface area contributed by atoms with Gasteiger partial charge in [0.25, 0.3) is 0 Å². The van der Waals surface area contributed by atoms with E-state index in [0.29, 0.717) is 24.2 Å². The molecule has 2 aromatic rings. The molecule has 1 aliphatic rings. The first-order valence-electron chi connectivity index (χ1n) is 7.50. The molecule has 6 nitrogen and oxygen atoms in total. The first-order valence-corrected chi connectivity index (χ1v) is 9.15. The van der Waals surface area contributed by atoms with E-state index < -0.39 is 21.3 Å². The molecule has 1 saturated carbocycles. The van der Waals surface area contributed by atoms with E-state index in [1.54, 1.807) is 0 Å². The van der Waals surface area contributed by atoms with Gasteiger partial charge in [0.15, 0.2) is 5.78 Å². The Balaban J connectivity index is 1.82. The minimum Gasteiger partial charge on any atom is -0.291 e. The van der Waals surface area contributed by atoms with Crippen LogP contribution < -0.4 is 4.72 Å². The molecule has 0 aromatic carbocycles. The molecule has 1 fully saturated rings. The Bertz CT molecular complexity index is 860. The Morgan fingerprint density at radius 2 is 1.96 bits per heavy atom. The summed E-state index contributed by atoms with van der Waals surface area (Å²) < 4.78 is 38.4. The number of nitrogens with one attached hydrogen (secondary N) is 1. The Morgan fingerprint density at radius 1 is 1.21 bits per heavy atom. The van der Waals surface area contributed by atoms with Crippen molar-refractivity contribution in [1.82, 2.24) is 9.97 Å². The fourth-order valence-electron chi connectivity index (χ4n) is 2.47. The molecule has 2 heterocycles. The minimum absolute atomic E-state index is 0.0486. The molecular weight excluding hydrogens is 333 g/mol. The number of anilines is 1. The molecule has 0 aliphatic heterocycles. The van der Waals surface area contributed by atoms with Gasteiger partial charge < -0.3 is 0 Å². The lowest BCUT2D eigenvalue weighted by Gasteiger charge is -2.13. The van der Waals surface area contributed by atoms with Crippen LogP contribution in [0.4, 0.5) is 10.1 Å². The van der Waals surface area contributed by atoms with Crippen molar-refractivity contribution in [3.05, 3.63) is 53.9 Å². The molecule has 0 spiro atoms. The van der Waals surface area contributed by atoms with E-state index in [2.05, 4.69) is 14.7 Å². The summed E-state index contributed by atoms with van der Waals surface area (Å²) in [7, 11) is -3.39. The molecular formula is C16H16FN3O3S. The SMILES string of the molecule is CCS(=O)(=O)Nc1ccc(C(=O)C2(c3ccc(F)cn3)CC2)nc1. The predicted octanol–water partition coefficient (Wildman–Crippen LogP) is 2.29. The van der Waals surface area contributed by atoms with Crippen molar-refractivity contribution in [3.8, 4) is 0 Å². The normalized spacial score (nSPS) is 15.8. The second-order valence-corrected chi connectivity index (χ2v) is 7.72. The van der Waals surface area contributed by atoms with Crippen LogP contribution in [0.1, 0.15) is 35.9 Å². The second kappa shape index (κ2) is 5.94. The number of rotatable bonds is 6. The number of sulfonamides is 1. The van der Waals surface area contributed by atoms with E-state index in [9.17, 15) is 17.6 Å². The summed E-state index contributed by atoms with van der Waals surface area (Å²) in [6, 6.07) is 5.79. The van der Waals surface area contributed by atoms with Gasteiger partial charge in [-0.15, -0.1) is 0 Å². The van der Waals surface area contributed by atoms with Crippen molar-refractivity contribution >= 4 is 21.5 Å². The lowest BCUT2D eigenvalue weighted by Crippen LogP contribution is -2.23. The number of carbonyl (C=O) groups is 1. The third-order valence-corrected chi connectivity index (χ3v) is 5.36. The van der Waals surface area contributed by atoms with Gasteiger partial charge in [0, 0.05) is 0 Å². The number of hydrogen-bond acceptors (Lipinski definition) is 5. The number of ketones is 1. The zero-order chi connectivity index (χ0) is 17.4. The molecule has 24 heavy (non-hydrogen) atoms. The van der Waals surface area contributed by atoms with Gasteiger partial charge in [-0.3, -0.25) is 19.5 Å². The maximum atomic E-state index is 13.0. The molecule has 1 aliphatic carbocycles. The van der Waals surface area contributed by atoms with Crippen LogP contribution in [0.25, 0.3) is 0 Å². The van der Waals surface area contributed by atoms with E-state index in [1.807, 2.05) is 0 Å². The van der Waals surface area contributed by atoms with Crippen molar-refractivity contribution < 1.29 is 17.6 Å². The monoisotopic (exact) mass is 349 g/mol. The zero-order valence-corrected chi connectivity index (χ0v) is 13.8. The van der Waals surface area contributed by atoms with Crippen molar-refractivity contribution in [2.24, 2.45) is 0 Å². The smallest absolute Gasteiger partial charge is 0.232 e. The molecule has 0 saturated heterocycles. The van der Waals surface area contributed by atoms with Crippen molar-refractivity contribution in [1.29, 1.82) is 0 Å². The standard InChI is InChI=1S/C16H16FN3O3S/c1-2-24(22,23)20-12-4-5-13(18-10-12)15(21)16(7-8-16)14-6-3-11(17)9-19-14/h3-6,9-10,20H,2,7-8H2,1H3. The summed E-state index contributed by atoms with van der Waals surface area (Å²) in [6.07, 6.45) is 3.68. The number of pyridine rings is 2. The summed E-state index contributed by atoms with van der Waals surface area (Å²) in [5.41, 5.74) is 0.327. The van der Waals surface area contributed by atoms with E-state index in [4.69, 9.17) is 0 Å². The van der Waals surface area contributed by atoms with Gasteiger partial charge in [-0.05, 0) is 44.0 Å². The lowest BCUT2D eigenvalue weighted by molar-refractivity contribution is 0.0939. The Hall–Kier alpha value is -2.35. The van der Waals surface area contributed by atoms with E-state index in [1.165, 1.54) is 37.4 Å². The largest absolute Gasteiger partial charge is 0.291 e. The molecule has 1 N–H and O–H groups in total. The first-order chi connectivity index (χ1) is 11.4. The topological polar surface area (TPSA) is 89.0 Å². The van der Waals surface area contributed by atoms with Crippen LogP contribution in [0.2, 0.25) is 0 Å². The number of nitrogens with zero attached hydrogens (tertiary/aromatic N) is 2. The fraction of sp³-hybridized carbons (Fsp3) is 0.312. The summed E-state index contributed by atoms with van der Waals surface area (Å²) >= 11 is 0. The maximum Gasteiger partial charge on any atom is 0.232 e. The van der Waals surface area contributed by atoms with Crippen LogP contribution in [0, 0.1) is 5.82 Å². The van der Waals surface area contributed by atoms with Crippen LogP contribution in [0.5, 0.6) is 0 Å². The number of Topliss-reactive ketones (excluding diaryl/α,β-unsaturated/α-hetero) is 1. The predicted molar refractivity (Wildman–Crippen MR) is 86.8 cm³/mol. The number of halogens is 1. The van der Waals surface area contributed by atoms with Crippen LogP contribution in [0.15, 0.2) is 36.7 Å². The van der Waals surface area contributed by atoms with E-state index in [-0.39, 0.29) is 17.2 Å². The van der Waals surface area contributed by atoms with Gasteiger partial charge in [0.1, 0.15) is 11.5 Å². The number of hydrogen-bond donors (Lipinski definition) is 1. The molecule has 2 aromatic heterocycles. The van der Waals surface area contributed by atoms with Gasteiger partial charge in [0.2, 0.25) is 10.0 Å². The molecule has 0 radical (unpaired) electrons. The molecule has 3 rings (SSSR count). The van der Waals surface area contributed by atoms with Gasteiger partial charge in [0.05, 0.1) is 34.9 Å². The number of aromatic nitrogens is 2. The highest BCUT2D eigenvalue weighted by Gasteiger charge is 2.53. The van der Waals surface area contributed by atoms with Crippen molar-refractivity contribution in [2.45, 2.75) is 25.2 Å². The zero-order valence-electron chi connectivity index (χ0n) is 13.0. The fourth-order valence-corrected chi connectivity index (χ4v) is 3.09. The van der Waals surface area contributed by atoms with Gasteiger partial charge >= 0.3 is 0 Å². The highest BCUT2D eigenvalue weighted by Crippen LogP contribution is 2.49. The van der Waals surface area contributed by atoms with E-state index in [0.717, 1.165) is 6.20 Å².